The molecule has 3 heterocycles. The molecule has 3 rings (SSSR count). The normalized spacial score (nSPS) is 18.3. The molecule has 1 atom stereocenters. The third-order valence-corrected chi connectivity index (χ3v) is 4.58. The first-order chi connectivity index (χ1) is 11.0. The number of hydrogen-bond acceptors (Lipinski definition) is 5. The average Bonchev–Trinajstić information content (AvgIpc) is 2.55. The molecular formula is C15H16BrFN4O2. The number of pyridine rings is 1. The van der Waals surface area contributed by atoms with Crippen LogP contribution in [0, 0.1) is 5.82 Å². The minimum Gasteiger partial charge on any atom is -0.377 e. The van der Waals surface area contributed by atoms with Gasteiger partial charge < -0.3 is 9.64 Å². The molecule has 0 saturated carbocycles. The van der Waals surface area contributed by atoms with Crippen molar-refractivity contribution < 1.29 is 9.13 Å². The monoisotopic (exact) mass is 382 g/mol. The van der Waals surface area contributed by atoms with Gasteiger partial charge in [0.1, 0.15) is 4.47 Å². The van der Waals surface area contributed by atoms with Crippen LogP contribution in [0.5, 0.6) is 0 Å². The van der Waals surface area contributed by atoms with Crippen LogP contribution in [0.25, 0.3) is 11.3 Å². The lowest BCUT2D eigenvalue weighted by Crippen LogP contribution is -2.46. The number of hydrogen-bond donors (Lipinski definition) is 0. The molecule has 23 heavy (non-hydrogen) atoms. The number of ether oxygens (including phenoxy) is 1. The first-order valence-corrected chi connectivity index (χ1v) is 8.00. The van der Waals surface area contributed by atoms with E-state index >= 15 is 0 Å². The Morgan fingerprint density at radius 3 is 2.96 bits per heavy atom. The Labute approximate surface area is 141 Å². The summed E-state index contributed by atoms with van der Waals surface area (Å²) >= 11 is 3.25. The van der Waals surface area contributed by atoms with Gasteiger partial charge in [-0.1, -0.05) is 0 Å². The largest absolute Gasteiger partial charge is 0.377 e. The van der Waals surface area contributed by atoms with E-state index in [1.165, 1.54) is 16.8 Å². The number of halogens is 2. The van der Waals surface area contributed by atoms with Crippen molar-refractivity contribution in [1.29, 1.82) is 0 Å². The molecule has 0 aromatic carbocycles. The van der Waals surface area contributed by atoms with E-state index in [1.54, 1.807) is 7.05 Å². The fraction of sp³-hybridized carbons (Fsp3) is 0.400. The Balaban J connectivity index is 2.19. The standard InChI is InChI=1S/C15H16BrFN4O2/c1-9-8-23-6-5-21(9)15-19-13(12(16)14(22)20(15)2)10-3-4-18-7-11(10)17/h3-4,7,9H,5-6,8H2,1-2H3/t9-/m1/s1. The summed E-state index contributed by atoms with van der Waals surface area (Å²) in [6.45, 7) is 3.75. The quantitative estimate of drug-likeness (QED) is 0.794. The van der Waals surface area contributed by atoms with Gasteiger partial charge in [-0.2, -0.15) is 0 Å². The van der Waals surface area contributed by atoms with Crippen molar-refractivity contribution in [3.8, 4) is 11.3 Å². The van der Waals surface area contributed by atoms with Crippen molar-refractivity contribution in [1.82, 2.24) is 14.5 Å². The maximum Gasteiger partial charge on any atom is 0.269 e. The van der Waals surface area contributed by atoms with E-state index < -0.39 is 5.82 Å². The van der Waals surface area contributed by atoms with Gasteiger partial charge in [0.2, 0.25) is 5.95 Å². The van der Waals surface area contributed by atoms with Gasteiger partial charge in [0, 0.05) is 25.4 Å². The molecule has 122 valence electrons. The first-order valence-electron chi connectivity index (χ1n) is 7.21. The summed E-state index contributed by atoms with van der Waals surface area (Å²) in [6, 6.07) is 1.59. The molecule has 1 aliphatic heterocycles. The topological polar surface area (TPSA) is 60.2 Å². The molecule has 6 nitrogen and oxygen atoms in total. The van der Waals surface area contributed by atoms with E-state index in [0.717, 1.165) is 6.20 Å². The minimum absolute atomic E-state index is 0.0816. The zero-order chi connectivity index (χ0) is 16.6. The van der Waals surface area contributed by atoms with Crippen LogP contribution in [0.2, 0.25) is 0 Å². The third kappa shape index (κ3) is 2.88. The highest BCUT2D eigenvalue weighted by molar-refractivity contribution is 9.10. The number of morpholine rings is 1. The van der Waals surface area contributed by atoms with E-state index in [-0.39, 0.29) is 27.3 Å². The minimum atomic E-state index is -0.519. The van der Waals surface area contributed by atoms with E-state index in [4.69, 9.17) is 4.74 Å². The Bertz CT molecular complexity index is 796. The second-order valence-electron chi connectivity index (χ2n) is 5.41. The average molecular weight is 383 g/mol. The second kappa shape index (κ2) is 6.37. The molecule has 0 aliphatic carbocycles. The fourth-order valence-corrected chi connectivity index (χ4v) is 3.16. The second-order valence-corrected chi connectivity index (χ2v) is 6.20. The Morgan fingerprint density at radius 2 is 2.26 bits per heavy atom. The lowest BCUT2D eigenvalue weighted by Gasteiger charge is -2.35. The number of nitrogens with zero attached hydrogens (tertiary/aromatic N) is 4. The highest BCUT2D eigenvalue weighted by atomic mass is 79.9. The van der Waals surface area contributed by atoms with E-state index in [9.17, 15) is 9.18 Å². The predicted molar refractivity (Wildman–Crippen MR) is 88.0 cm³/mol. The molecule has 2 aromatic rings. The van der Waals surface area contributed by atoms with Crippen molar-refractivity contribution >= 4 is 21.9 Å². The van der Waals surface area contributed by atoms with E-state index in [1.807, 2.05) is 11.8 Å². The summed E-state index contributed by atoms with van der Waals surface area (Å²) in [5.41, 5.74) is 0.258. The molecule has 0 radical (unpaired) electrons. The summed E-state index contributed by atoms with van der Waals surface area (Å²) < 4.78 is 21.2. The molecule has 0 bridgehead atoms. The molecule has 0 spiro atoms. The van der Waals surface area contributed by atoms with Crippen molar-refractivity contribution in [3.05, 3.63) is 39.1 Å². The van der Waals surface area contributed by atoms with Crippen LogP contribution >= 0.6 is 15.9 Å². The highest BCUT2D eigenvalue weighted by Gasteiger charge is 2.25. The third-order valence-electron chi connectivity index (χ3n) is 3.86. The van der Waals surface area contributed by atoms with Crippen molar-refractivity contribution in [2.75, 3.05) is 24.7 Å². The number of rotatable bonds is 2. The van der Waals surface area contributed by atoms with Crippen molar-refractivity contribution in [2.45, 2.75) is 13.0 Å². The van der Waals surface area contributed by atoms with E-state index in [0.29, 0.717) is 25.7 Å². The molecular weight excluding hydrogens is 367 g/mol. The zero-order valence-electron chi connectivity index (χ0n) is 12.8. The molecule has 8 heteroatoms. The molecule has 0 N–H and O–H groups in total. The lowest BCUT2D eigenvalue weighted by atomic mass is 10.2. The van der Waals surface area contributed by atoms with Crippen LogP contribution in [-0.2, 0) is 11.8 Å². The molecule has 0 unspecified atom stereocenters. The molecule has 2 aromatic heterocycles. The van der Waals surface area contributed by atoms with Crippen LogP contribution in [-0.4, -0.2) is 40.3 Å². The van der Waals surface area contributed by atoms with Gasteiger partial charge in [-0.3, -0.25) is 14.3 Å². The van der Waals surface area contributed by atoms with E-state index in [2.05, 4.69) is 25.9 Å². The number of anilines is 1. The Hall–Kier alpha value is -1.80. The smallest absolute Gasteiger partial charge is 0.269 e. The van der Waals surface area contributed by atoms with Gasteiger partial charge in [-0.05, 0) is 28.9 Å². The maximum absolute atomic E-state index is 14.1. The van der Waals surface area contributed by atoms with Crippen LogP contribution in [0.4, 0.5) is 10.3 Å². The van der Waals surface area contributed by atoms with Crippen molar-refractivity contribution in [2.24, 2.45) is 7.05 Å². The van der Waals surface area contributed by atoms with Crippen LogP contribution < -0.4 is 10.5 Å². The summed E-state index contributed by atoms with van der Waals surface area (Å²) in [7, 11) is 1.66. The summed E-state index contributed by atoms with van der Waals surface area (Å²) in [4.78, 5) is 22.8. The Kier molecular flexibility index (Phi) is 4.45. The Morgan fingerprint density at radius 1 is 1.48 bits per heavy atom. The maximum atomic E-state index is 14.1. The van der Waals surface area contributed by atoms with Gasteiger partial charge in [0.15, 0.2) is 5.82 Å². The van der Waals surface area contributed by atoms with Gasteiger partial charge in [-0.15, -0.1) is 0 Å². The van der Waals surface area contributed by atoms with Gasteiger partial charge in [0.05, 0.1) is 31.1 Å². The summed E-state index contributed by atoms with van der Waals surface area (Å²) in [5.74, 6) is -0.0184. The SMILES string of the molecule is C[C@@H]1COCCN1c1nc(-c2ccncc2F)c(Br)c(=O)n1C. The van der Waals surface area contributed by atoms with Crippen LogP contribution in [0.3, 0.4) is 0 Å². The predicted octanol–water partition coefficient (Wildman–Crippen LogP) is 1.97. The molecule has 1 fully saturated rings. The first kappa shape index (κ1) is 16.1. The summed E-state index contributed by atoms with van der Waals surface area (Å²) in [6.07, 6.45) is 2.58. The van der Waals surface area contributed by atoms with Crippen LogP contribution in [0.1, 0.15) is 6.92 Å². The van der Waals surface area contributed by atoms with Gasteiger partial charge in [-0.25, -0.2) is 9.37 Å². The highest BCUT2D eigenvalue weighted by Crippen LogP contribution is 2.28. The van der Waals surface area contributed by atoms with Gasteiger partial charge >= 0.3 is 0 Å². The lowest BCUT2D eigenvalue weighted by molar-refractivity contribution is 0.0976. The van der Waals surface area contributed by atoms with Gasteiger partial charge in [0.25, 0.3) is 5.56 Å². The fourth-order valence-electron chi connectivity index (χ4n) is 2.59. The molecule has 1 aliphatic rings. The number of aromatic nitrogens is 3. The van der Waals surface area contributed by atoms with Crippen LogP contribution in [0.15, 0.2) is 27.7 Å². The zero-order valence-corrected chi connectivity index (χ0v) is 14.4. The molecule has 1 saturated heterocycles. The summed E-state index contributed by atoms with van der Waals surface area (Å²) in [5, 5.41) is 0. The molecule has 0 amide bonds. The van der Waals surface area contributed by atoms with Crippen molar-refractivity contribution in [3.63, 3.8) is 0 Å².